The van der Waals surface area contributed by atoms with E-state index in [4.69, 9.17) is 0 Å². The summed E-state index contributed by atoms with van der Waals surface area (Å²) < 4.78 is 0. The van der Waals surface area contributed by atoms with Crippen molar-refractivity contribution in [1.29, 1.82) is 0 Å². The van der Waals surface area contributed by atoms with E-state index in [1.165, 1.54) is 0 Å². The maximum absolute atomic E-state index is 12.1. The third-order valence-electron chi connectivity index (χ3n) is 3.52. The van der Waals surface area contributed by atoms with E-state index in [9.17, 15) is 4.79 Å². The molecule has 0 unspecified atom stereocenters. The molecule has 1 aliphatic rings. The van der Waals surface area contributed by atoms with Crippen molar-refractivity contribution in [3.8, 4) is 0 Å². The van der Waals surface area contributed by atoms with Crippen molar-refractivity contribution in [1.82, 2.24) is 0 Å². The van der Waals surface area contributed by atoms with Gasteiger partial charge in [0.05, 0.1) is 5.70 Å². The zero-order chi connectivity index (χ0) is 14.5. The molecular formula is C19H19NO. The molecule has 0 aliphatic carbocycles. The normalized spacial score (nSPS) is 13.7. The molecule has 0 aromatic heterocycles. The van der Waals surface area contributed by atoms with E-state index in [0.29, 0.717) is 12.8 Å². The van der Waals surface area contributed by atoms with E-state index in [0.717, 1.165) is 29.0 Å². The number of hydrogen-bond acceptors (Lipinski definition) is 2. The van der Waals surface area contributed by atoms with Gasteiger partial charge in [0, 0.05) is 26.4 Å². The first-order chi connectivity index (χ1) is 10.3. The fourth-order valence-electron chi connectivity index (χ4n) is 2.49. The van der Waals surface area contributed by atoms with Crippen LogP contribution >= 0.6 is 0 Å². The minimum atomic E-state index is 0. The highest BCUT2D eigenvalue weighted by Gasteiger charge is 2.14. The Balaban J connectivity index is 0.00000176. The fourth-order valence-corrected chi connectivity index (χ4v) is 2.49. The second kappa shape index (κ2) is 6.31. The second-order valence-corrected chi connectivity index (χ2v) is 5.22. The van der Waals surface area contributed by atoms with Gasteiger partial charge in [0.25, 0.3) is 0 Å². The molecule has 2 aromatic rings. The lowest BCUT2D eigenvalue weighted by Crippen LogP contribution is -2.08. The number of Topliss-reactive ketones (excluding diaryl/α,β-unsaturated/α-hetero) is 1. The first-order valence-electron chi connectivity index (χ1n) is 7.19. The summed E-state index contributed by atoms with van der Waals surface area (Å²) in [6.45, 7) is 0. The highest BCUT2D eigenvalue weighted by Crippen LogP contribution is 2.23. The van der Waals surface area contributed by atoms with Crippen molar-refractivity contribution in [2.45, 2.75) is 19.3 Å². The molecule has 106 valence electrons. The first kappa shape index (κ1) is 13.5. The lowest BCUT2D eigenvalue weighted by molar-refractivity contribution is -0.117. The summed E-state index contributed by atoms with van der Waals surface area (Å²) in [4.78, 5) is 16.7. The van der Waals surface area contributed by atoms with Gasteiger partial charge in [-0.1, -0.05) is 66.7 Å². The van der Waals surface area contributed by atoms with E-state index in [2.05, 4.69) is 11.1 Å². The van der Waals surface area contributed by atoms with E-state index < -0.39 is 0 Å². The minimum absolute atomic E-state index is 0. The van der Waals surface area contributed by atoms with Gasteiger partial charge in [0.15, 0.2) is 0 Å². The van der Waals surface area contributed by atoms with Crippen LogP contribution in [0.15, 0.2) is 71.7 Å². The van der Waals surface area contributed by atoms with Crippen LogP contribution in [0.25, 0.3) is 5.70 Å². The number of hydrogen-bond donors (Lipinski definition) is 0. The van der Waals surface area contributed by atoms with Crippen LogP contribution in [0.5, 0.6) is 0 Å². The maximum atomic E-state index is 12.1. The Morgan fingerprint density at radius 1 is 0.952 bits per heavy atom. The highest BCUT2D eigenvalue weighted by molar-refractivity contribution is 6.07. The predicted octanol–water partition coefficient (Wildman–Crippen LogP) is 4.32. The average molecular weight is 277 g/mol. The van der Waals surface area contributed by atoms with Gasteiger partial charge in [0.2, 0.25) is 0 Å². The molecule has 1 aliphatic heterocycles. The summed E-state index contributed by atoms with van der Waals surface area (Å²) in [5.74, 6) is 0.225. The van der Waals surface area contributed by atoms with Gasteiger partial charge in [0.1, 0.15) is 5.78 Å². The lowest BCUT2D eigenvalue weighted by Gasteiger charge is -2.01. The fraction of sp³-hybridized carbons (Fsp3) is 0.158. The van der Waals surface area contributed by atoms with Crippen molar-refractivity contribution in [2.24, 2.45) is 4.99 Å². The monoisotopic (exact) mass is 277 g/mol. The Hall–Kier alpha value is -2.48. The molecule has 2 nitrogen and oxygen atoms in total. The molecule has 2 heteroatoms. The van der Waals surface area contributed by atoms with E-state index in [-0.39, 0.29) is 7.21 Å². The van der Waals surface area contributed by atoms with Crippen molar-refractivity contribution in [3.63, 3.8) is 0 Å². The molecule has 0 N–H and O–H groups in total. The molecule has 21 heavy (non-hydrogen) atoms. The van der Waals surface area contributed by atoms with Gasteiger partial charge in [-0.25, -0.2) is 0 Å². The summed E-state index contributed by atoms with van der Waals surface area (Å²) in [6.07, 6.45) is 3.81. The summed E-state index contributed by atoms with van der Waals surface area (Å²) in [7, 11) is 0. The zero-order valence-electron chi connectivity index (χ0n) is 11.8. The Bertz CT molecular complexity index is 690. The Labute approximate surface area is 126 Å². The molecule has 0 saturated carbocycles. The smallest absolute Gasteiger partial charge is 0.142 e. The van der Waals surface area contributed by atoms with Gasteiger partial charge >= 0.3 is 0 Å². The maximum Gasteiger partial charge on any atom is 0.142 e. The largest absolute Gasteiger partial charge is 0.299 e. The van der Waals surface area contributed by atoms with Crippen LogP contribution in [0, 0.1) is 0 Å². The van der Waals surface area contributed by atoms with Gasteiger partial charge in [-0.2, -0.15) is 0 Å². The van der Waals surface area contributed by atoms with Gasteiger partial charge < -0.3 is 0 Å². The summed E-state index contributed by atoms with van der Waals surface area (Å²) in [5.41, 5.74) is 4.13. The van der Waals surface area contributed by atoms with Crippen LogP contribution in [0.2, 0.25) is 0 Å². The number of allylic oxidation sites excluding steroid dienone is 1. The van der Waals surface area contributed by atoms with E-state index in [1.54, 1.807) is 0 Å². The van der Waals surface area contributed by atoms with Crippen molar-refractivity contribution in [2.75, 3.05) is 0 Å². The Kier molecular flexibility index (Phi) is 4.06. The zero-order valence-corrected chi connectivity index (χ0v) is 11.8. The summed E-state index contributed by atoms with van der Waals surface area (Å²) >= 11 is 0. The second-order valence-electron chi connectivity index (χ2n) is 5.22. The molecule has 0 amide bonds. The molecule has 2 aromatic carbocycles. The number of nitrogens with zero attached hydrogens (tertiary/aromatic N) is 1. The lowest BCUT2D eigenvalue weighted by atomic mass is 10.0. The average Bonchev–Trinajstić information content (AvgIpc) is 2.97. The van der Waals surface area contributed by atoms with Gasteiger partial charge in [-0.3, -0.25) is 9.79 Å². The van der Waals surface area contributed by atoms with Crippen LogP contribution in [0.4, 0.5) is 0 Å². The molecule has 0 bridgehead atoms. The highest BCUT2D eigenvalue weighted by atomic mass is 16.1. The first-order valence-corrected chi connectivity index (χ1v) is 7.19. The van der Waals surface area contributed by atoms with Crippen molar-refractivity contribution in [3.05, 3.63) is 77.9 Å². The molecular weight excluding hydrogens is 258 g/mol. The third kappa shape index (κ3) is 3.54. The van der Waals surface area contributed by atoms with E-state index in [1.807, 2.05) is 60.7 Å². The van der Waals surface area contributed by atoms with Crippen LogP contribution in [-0.2, 0) is 11.2 Å². The van der Waals surface area contributed by atoms with Gasteiger partial charge in [-0.05, 0) is 11.1 Å². The Morgan fingerprint density at radius 3 is 2.33 bits per heavy atom. The predicted molar refractivity (Wildman–Crippen MR) is 88.4 cm³/mol. The molecule has 0 saturated heterocycles. The summed E-state index contributed by atoms with van der Waals surface area (Å²) in [5, 5.41) is 0. The number of ketones is 1. The molecule has 0 radical (unpaired) electrons. The SMILES string of the molecule is O=C(CC1=NC(c2ccccc2)=CC1)Cc1ccccc1.[HH]. The number of benzene rings is 2. The van der Waals surface area contributed by atoms with Gasteiger partial charge in [-0.15, -0.1) is 0 Å². The molecule has 1 heterocycles. The quantitative estimate of drug-likeness (QED) is 0.800. The molecule has 0 fully saturated rings. The van der Waals surface area contributed by atoms with E-state index >= 15 is 0 Å². The topological polar surface area (TPSA) is 29.4 Å². The Morgan fingerprint density at radius 2 is 1.62 bits per heavy atom. The number of rotatable bonds is 5. The van der Waals surface area contributed by atoms with Crippen molar-refractivity contribution >= 4 is 17.2 Å². The number of carbonyl (C=O) groups is 1. The van der Waals surface area contributed by atoms with Crippen LogP contribution < -0.4 is 0 Å². The van der Waals surface area contributed by atoms with Crippen LogP contribution in [0.3, 0.4) is 0 Å². The number of aliphatic imine (C=N–C) groups is 1. The summed E-state index contributed by atoms with van der Waals surface area (Å²) in [6, 6.07) is 20.0. The molecule has 0 spiro atoms. The third-order valence-corrected chi connectivity index (χ3v) is 3.52. The minimum Gasteiger partial charge on any atom is -0.299 e. The van der Waals surface area contributed by atoms with Crippen molar-refractivity contribution < 1.29 is 6.22 Å². The molecule has 0 atom stereocenters. The standard InChI is InChI=1S/C19H17NO.H2/c21-18(13-15-7-3-1-4-8-15)14-17-11-12-19(20-17)16-9-5-2-6-10-16;/h1-10,12H,11,13-14H2;1H. The molecule has 3 rings (SSSR count). The van der Waals surface area contributed by atoms with Crippen LogP contribution in [0.1, 0.15) is 25.4 Å². The number of carbonyl (C=O) groups excluding carboxylic acids is 1. The van der Waals surface area contributed by atoms with Crippen LogP contribution in [-0.4, -0.2) is 11.5 Å².